The van der Waals surface area contributed by atoms with Crippen molar-refractivity contribution >= 4 is 15.7 Å². The lowest BCUT2D eigenvalue weighted by Gasteiger charge is -2.10. The van der Waals surface area contributed by atoms with Gasteiger partial charge in [-0.1, -0.05) is 24.3 Å². The summed E-state index contributed by atoms with van der Waals surface area (Å²) in [5, 5.41) is 0. The third-order valence-electron chi connectivity index (χ3n) is 2.71. The molecule has 0 aromatic heterocycles. The molecule has 0 unspecified atom stereocenters. The summed E-state index contributed by atoms with van der Waals surface area (Å²) < 4.78 is 52.9. The average molecular weight is 298 g/mol. The molecule has 4 nitrogen and oxygen atoms in total. The molecule has 0 aliphatic carbocycles. The van der Waals surface area contributed by atoms with E-state index in [0.29, 0.717) is 0 Å². The number of rotatable bonds is 4. The van der Waals surface area contributed by atoms with Crippen LogP contribution in [-0.2, 0) is 16.6 Å². The number of halogens is 2. The van der Waals surface area contributed by atoms with Gasteiger partial charge in [0.2, 0.25) is 10.0 Å². The van der Waals surface area contributed by atoms with Crippen molar-refractivity contribution in [3.05, 3.63) is 59.7 Å². The van der Waals surface area contributed by atoms with Crippen LogP contribution < -0.4 is 10.5 Å². The van der Waals surface area contributed by atoms with Crippen molar-refractivity contribution < 1.29 is 17.2 Å². The van der Waals surface area contributed by atoms with E-state index in [4.69, 9.17) is 5.73 Å². The minimum atomic E-state index is -4.01. The van der Waals surface area contributed by atoms with Crippen LogP contribution in [0, 0.1) is 11.6 Å². The first-order valence-electron chi connectivity index (χ1n) is 5.69. The van der Waals surface area contributed by atoms with E-state index in [1.165, 1.54) is 30.3 Å². The van der Waals surface area contributed by atoms with Crippen LogP contribution in [0.15, 0.2) is 47.4 Å². The minimum Gasteiger partial charge on any atom is -0.395 e. The minimum absolute atomic E-state index is 0.186. The highest BCUT2D eigenvalue weighted by Gasteiger charge is 2.19. The fraction of sp³-hybridized carbons (Fsp3) is 0.0769. The molecule has 7 heteroatoms. The summed E-state index contributed by atoms with van der Waals surface area (Å²) in [6.45, 7) is -0.245. The van der Waals surface area contributed by atoms with Crippen molar-refractivity contribution in [1.82, 2.24) is 4.72 Å². The SMILES string of the molecule is Nc1c(F)cccc1S(=O)(=O)NCc1ccccc1F. The Morgan fingerprint density at radius 2 is 1.65 bits per heavy atom. The van der Waals surface area contributed by atoms with Gasteiger partial charge in [0.25, 0.3) is 0 Å². The first-order valence-corrected chi connectivity index (χ1v) is 7.17. The third kappa shape index (κ3) is 2.94. The molecule has 0 saturated carbocycles. The van der Waals surface area contributed by atoms with Crippen LogP contribution in [0.3, 0.4) is 0 Å². The van der Waals surface area contributed by atoms with Gasteiger partial charge in [0.15, 0.2) is 0 Å². The molecule has 0 aliphatic rings. The van der Waals surface area contributed by atoms with Gasteiger partial charge in [0, 0.05) is 12.1 Å². The standard InChI is InChI=1S/C13H12F2N2O2S/c14-10-5-2-1-4-9(10)8-17-20(18,19)12-7-3-6-11(15)13(12)16/h1-7,17H,8,16H2. The zero-order valence-electron chi connectivity index (χ0n) is 10.3. The van der Waals surface area contributed by atoms with E-state index in [1.54, 1.807) is 6.07 Å². The molecule has 2 rings (SSSR count). The summed E-state index contributed by atoms with van der Waals surface area (Å²) in [6.07, 6.45) is 0. The number of nitrogens with two attached hydrogens (primary N) is 1. The van der Waals surface area contributed by atoms with E-state index in [0.717, 1.165) is 6.07 Å². The first kappa shape index (κ1) is 14.4. The lowest BCUT2D eigenvalue weighted by atomic mass is 10.2. The normalized spacial score (nSPS) is 11.5. The lowest BCUT2D eigenvalue weighted by molar-refractivity contribution is 0.572. The molecule has 106 valence electrons. The molecule has 0 radical (unpaired) electrons. The predicted molar refractivity (Wildman–Crippen MR) is 71.2 cm³/mol. The Kier molecular flexibility index (Phi) is 4.01. The number of hydrogen-bond donors (Lipinski definition) is 2. The average Bonchev–Trinajstić information content (AvgIpc) is 2.41. The third-order valence-corrected chi connectivity index (χ3v) is 4.17. The van der Waals surface area contributed by atoms with Crippen LogP contribution in [0.5, 0.6) is 0 Å². The second-order valence-electron chi connectivity index (χ2n) is 4.07. The molecule has 2 aromatic rings. The summed E-state index contributed by atoms with van der Waals surface area (Å²) in [5.74, 6) is -1.35. The molecule has 0 bridgehead atoms. The Balaban J connectivity index is 2.24. The molecule has 0 atom stereocenters. The number of sulfonamides is 1. The predicted octanol–water partition coefficient (Wildman–Crippen LogP) is 2.03. The van der Waals surface area contributed by atoms with E-state index >= 15 is 0 Å². The Morgan fingerprint density at radius 3 is 2.35 bits per heavy atom. The van der Waals surface area contributed by atoms with Crippen LogP contribution in [0.2, 0.25) is 0 Å². The maximum atomic E-state index is 13.4. The van der Waals surface area contributed by atoms with Crippen LogP contribution in [-0.4, -0.2) is 8.42 Å². The first-order chi connectivity index (χ1) is 9.42. The Bertz CT molecular complexity index is 733. The molecule has 0 fully saturated rings. The van der Waals surface area contributed by atoms with Crippen molar-refractivity contribution in [3.63, 3.8) is 0 Å². The molecular formula is C13H12F2N2O2S. The topological polar surface area (TPSA) is 72.2 Å². The van der Waals surface area contributed by atoms with E-state index in [-0.39, 0.29) is 17.0 Å². The van der Waals surface area contributed by atoms with Gasteiger partial charge in [0.1, 0.15) is 16.5 Å². The largest absolute Gasteiger partial charge is 0.395 e. The van der Waals surface area contributed by atoms with Crippen LogP contribution in [0.1, 0.15) is 5.56 Å². The van der Waals surface area contributed by atoms with Crippen LogP contribution in [0.4, 0.5) is 14.5 Å². The number of hydrogen-bond acceptors (Lipinski definition) is 3. The fourth-order valence-corrected chi connectivity index (χ4v) is 2.79. The summed E-state index contributed by atoms with van der Waals surface area (Å²) in [4.78, 5) is -0.367. The summed E-state index contributed by atoms with van der Waals surface area (Å²) in [5.41, 5.74) is 5.12. The lowest BCUT2D eigenvalue weighted by Crippen LogP contribution is -2.24. The molecule has 0 aliphatic heterocycles. The Morgan fingerprint density at radius 1 is 1.00 bits per heavy atom. The van der Waals surface area contributed by atoms with E-state index < -0.39 is 27.3 Å². The Labute approximate surface area is 115 Å². The summed E-state index contributed by atoms with van der Waals surface area (Å²) in [7, 11) is -4.01. The summed E-state index contributed by atoms with van der Waals surface area (Å²) >= 11 is 0. The monoisotopic (exact) mass is 298 g/mol. The zero-order valence-corrected chi connectivity index (χ0v) is 11.1. The number of benzene rings is 2. The summed E-state index contributed by atoms with van der Waals surface area (Å²) in [6, 6.07) is 9.24. The van der Waals surface area contributed by atoms with E-state index in [1.807, 2.05) is 0 Å². The second-order valence-corrected chi connectivity index (χ2v) is 5.80. The van der Waals surface area contributed by atoms with Gasteiger partial charge in [-0.05, 0) is 18.2 Å². The number of nitrogens with one attached hydrogen (secondary N) is 1. The molecule has 2 aromatic carbocycles. The van der Waals surface area contributed by atoms with Gasteiger partial charge < -0.3 is 5.73 Å². The zero-order chi connectivity index (χ0) is 14.8. The van der Waals surface area contributed by atoms with Gasteiger partial charge in [-0.2, -0.15) is 0 Å². The number of anilines is 1. The van der Waals surface area contributed by atoms with Gasteiger partial charge in [0.05, 0.1) is 5.69 Å². The molecule has 0 spiro atoms. The van der Waals surface area contributed by atoms with Crippen molar-refractivity contribution in [3.8, 4) is 0 Å². The molecular weight excluding hydrogens is 286 g/mol. The van der Waals surface area contributed by atoms with Gasteiger partial charge in [-0.3, -0.25) is 0 Å². The fourth-order valence-electron chi connectivity index (χ4n) is 1.64. The number of nitrogen functional groups attached to an aromatic ring is 1. The van der Waals surface area contributed by atoms with Crippen molar-refractivity contribution in [2.45, 2.75) is 11.4 Å². The second kappa shape index (κ2) is 5.56. The molecule has 20 heavy (non-hydrogen) atoms. The van der Waals surface area contributed by atoms with Crippen molar-refractivity contribution in [1.29, 1.82) is 0 Å². The maximum absolute atomic E-state index is 13.4. The van der Waals surface area contributed by atoms with Gasteiger partial charge in [-0.15, -0.1) is 0 Å². The maximum Gasteiger partial charge on any atom is 0.243 e. The highest BCUT2D eigenvalue weighted by atomic mass is 32.2. The Hall–Kier alpha value is -1.99. The molecule has 0 saturated heterocycles. The van der Waals surface area contributed by atoms with E-state index in [9.17, 15) is 17.2 Å². The van der Waals surface area contributed by atoms with Gasteiger partial charge in [-0.25, -0.2) is 21.9 Å². The van der Waals surface area contributed by atoms with Crippen molar-refractivity contribution in [2.75, 3.05) is 5.73 Å². The van der Waals surface area contributed by atoms with E-state index in [2.05, 4.69) is 4.72 Å². The molecule has 3 N–H and O–H groups in total. The van der Waals surface area contributed by atoms with Gasteiger partial charge >= 0.3 is 0 Å². The quantitative estimate of drug-likeness (QED) is 0.848. The number of para-hydroxylation sites is 1. The van der Waals surface area contributed by atoms with Crippen LogP contribution in [0.25, 0.3) is 0 Å². The molecule has 0 amide bonds. The van der Waals surface area contributed by atoms with Crippen molar-refractivity contribution in [2.24, 2.45) is 0 Å². The smallest absolute Gasteiger partial charge is 0.243 e. The highest BCUT2D eigenvalue weighted by Crippen LogP contribution is 2.21. The molecule has 0 heterocycles. The highest BCUT2D eigenvalue weighted by molar-refractivity contribution is 7.89. The van der Waals surface area contributed by atoms with Crippen LogP contribution >= 0.6 is 0 Å².